The Morgan fingerprint density at radius 1 is 1.25 bits per heavy atom. The Kier molecular flexibility index (Phi) is 4.99. The van der Waals surface area contributed by atoms with Crippen molar-refractivity contribution in [2.24, 2.45) is 0 Å². The van der Waals surface area contributed by atoms with Gasteiger partial charge in [0.05, 0.1) is 6.54 Å². The molecule has 0 spiro atoms. The van der Waals surface area contributed by atoms with Gasteiger partial charge in [0.2, 0.25) is 5.91 Å². The summed E-state index contributed by atoms with van der Waals surface area (Å²) in [6.45, 7) is 1.99. The van der Waals surface area contributed by atoms with Gasteiger partial charge in [-0.2, -0.15) is 0 Å². The molecular weight excluding hydrogens is 226 g/mol. The van der Waals surface area contributed by atoms with Crippen LogP contribution < -0.4 is 0 Å². The van der Waals surface area contributed by atoms with Crippen molar-refractivity contribution in [2.45, 2.75) is 13.5 Å². The second-order valence-electron chi connectivity index (χ2n) is 3.57. The van der Waals surface area contributed by atoms with Crippen molar-refractivity contribution in [3.63, 3.8) is 0 Å². The van der Waals surface area contributed by atoms with Gasteiger partial charge in [-0.15, -0.1) is 11.6 Å². The van der Waals surface area contributed by atoms with Crippen molar-refractivity contribution in [1.29, 1.82) is 0 Å². The van der Waals surface area contributed by atoms with E-state index in [-0.39, 0.29) is 24.1 Å². The number of hydrogen-bond acceptors (Lipinski definition) is 2. The molecule has 0 radical (unpaired) electrons. The van der Waals surface area contributed by atoms with E-state index in [2.05, 4.69) is 0 Å². The van der Waals surface area contributed by atoms with E-state index < -0.39 is 0 Å². The van der Waals surface area contributed by atoms with Gasteiger partial charge < -0.3 is 4.90 Å². The highest BCUT2D eigenvalue weighted by molar-refractivity contribution is 6.27. The lowest BCUT2D eigenvalue weighted by molar-refractivity contribution is -0.133. The first-order chi connectivity index (χ1) is 7.63. The molecule has 0 saturated carbocycles. The number of carbonyl (C=O) groups excluding carboxylic acids is 2. The lowest BCUT2D eigenvalue weighted by Gasteiger charge is -2.20. The third kappa shape index (κ3) is 4.03. The maximum atomic E-state index is 11.5. The standard InChI is InChI=1S/C12H14ClNO2/c1-10(15)8-14(12(16)7-13)9-11-5-3-2-4-6-11/h2-6H,7-9H2,1H3. The second kappa shape index (κ2) is 6.28. The highest BCUT2D eigenvalue weighted by atomic mass is 35.5. The van der Waals surface area contributed by atoms with E-state index in [0.29, 0.717) is 6.54 Å². The molecular formula is C12H14ClNO2. The molecule has 86 valence electrons. The van der Waals surface area contributed by atoms with Crippen LogP contribution in [0.25, 0.3) is 0 Å². The van der Waals surface area contributed by atoms with Crippen LogP contribution in [0, 0.1) is 0 Å². The van der Waals surface area contributed by atoms with Crippen molar-refractivity contribution in [1.82, 2.24) is 4.90 Å². The van der Waals surface area contributed by atoms with Crippen LogP contribution in [0.2, 0.25) is 0 Å². The zero-order valence-electron chi connectivity index (χ0n) is 9.15. The summed E-state index contributed by atoms with van der Waals surface area (Å²) in [7, 11) is 0. The SMILES string of the molecule is CC(=O)CN(Cc1ccccc1)C(=O)CCl. The van der Waals surface area contributed by atoms with Crippen molar-refractivity contribution in [2.75, 3.05) is 12.4 Å². The summed E-state index contributed by atoms with van der Waals surface area (Å²) in [4.78, 5) is 24.0. The Balaban J connectivity index is 2.70. The average Bonchev–Trinajstić information content (AvgIpc) is 2.28. The molecule has 0 atom stereocenters. The maximum absolute atomic E-state index is 11.5. The zero-order chi connectivity index (χ0) is 12.0. The number of amides is 1. The van der Waals surface area contributed by atoms with Gasteiger partial charge in [-0.1, -0.05) is 30.3 Å². The van der Waals surface area contributed by atoms with Crippen LogP contribution >= 0.6 is 11.6 Å². The van der Waals surface area contributed by atoms with E-state index in [0.717, 1.165) is 5.56 Å². The summed E-state index contributed by atoms with van der Waals surface area (Å²) in [5.74, 6) is -0.366. The first kappa shape index (κ1) is 12.7. The molecule has 1 amide bonds. The molecule has 0 aliphatic heterocycles. The number of hydrogen-bond donors (Lipinski definition) is 0. The molecule has 0 heterocycles. The lowest BCUT2D eigenvalue weighted by atomic mass is 10.2. The number of nitrogens with zero attached hydrogens (tertiary/aromatic N) is 1. The minimum absolute atomic E-state index is 0.0469. The van der Waals surface area contributed by atoms with Crippen molar-refractivity contribution in [3.05, 3.63) is 35.9 Å². The number of alkyl halides is 1. The molecule has 0 bridgehead atoms. The summed E-state index contributed by atoms with van der Waals surface area (Å²) in [6, 6.07) is 9.52. The van der Waals surface area contributed by atoms with Gasteiger partial charge in [-0.3, -0.25) is 9.59 Å². The summed E-state index contributed by atoms with van der Waals surface area (Å²) in [5.41, 5.74) is 0.988. The van der Waals surface area contributed by atoms with E-state index in [1.54, 1.807) is 0 Å². The number of carbonyl (C=O) groups is 2. The fourth-order valence-electron chi connectivity index (χ4n) is 1.39. The molecule has 3 nitrogen and oxygen atoms in total. The van der Waals surface area contributed by atoms with Crippen molar-refractivity contribution < 1.29 is 9.59 Å². The fraction of sp³-hybridized carbons (Fsp3) is 0.333. The lowest BCUT2D eigenvalue weighted by Crippen LogP contribution is -2.35. The summed E-state index contributed by atoms with van der Waals surface area (Å²) in [5, 5.41) is 0. The minimum Gasteiger partial charge on any atom is -0.330 e. The van der Waals surface area contributed by atoms with Crippen LogP contribution in [0.15, 0.2) is 30.3 Å². The van der Waals surface area contributed by atoms with Crippen LogP contribution in [0.1, 0.15) is 12.5 Å². The summed E-state index contributed by atoms with van der Waals surface area (Å²) in [6.07, 6.45) is 0. The highest BCUT2D eigenvalue weighted by Gasteiger charge is 2.14. The molecule has 0 aliphatic rings. The van der Waals surface area contributed by atoms with Gasteiger partial charge in [-0.05, 0) is 12.5 Å². The highest BCUT2D eigenvalue weighted by Crippen LogP contribution is 2.05. The maximum Gasteiger partial charge on any atom is 0.238 e. The number of rotatable bonds is 5. The van der Waals surface area contributed by atoms with E-state index >= 15 is 0 Å². The molecule has 4 heteroatoms. The molecule has 0 unspecified atom stereocenters. The number of halogens is 1. The molecule has 0 aromatic heterocycles. The number of ketones is 1. The Morgan fingerprint density at radius 3 is 2.38 bits per heavy atom. The van der Waals surface area contributed by atoms with Crippen molar-refractivity contribution >= 4 is 23.3 Å². The van der Waals surface area contributed by atoms with Gasteiger partial charge in [0.1, 0.15) is 11.7 Å². The van der Waals surface area contributed by atoms with Gasteiger partial charge >= 0.3 is 0 Å². The smallest absolute Gasteiger partial charge is 0.238 e. The fourth-order valence-corrected chi connectivity index (χ4v) is 1.56. The Bertz CT molecular complexity index is 365. The molecule has 16 heavy (non-hydrogen) atoms. The number of benzene rings is 1. The normalized spacial score (nSPS) is 9.88. The van der Waals surface area contributed by atoms with Gasteiger partial charge in [0, 0.05) is 6.54 Å². The van der Waals surface area contributed by atoms with Crippen LogP contribution in [0.4, 0.5) is 0 Å². The van der Waals surface area contributed by atoms with E-state index in [1.807, 2.05) is 30.3 Å². The second-order valence-corrected chi connectivity index (χ2v) is 3.84. The Labute approximate surface area is 100 Å². The topological polar surface area (TPSA) is 37.4 Å². The Hall–Kier alpha value is -1.35. The third-order valence-electron chi connectivity index (χ3n) is 2.10. The molecule has 0 fully saturated rings. The van der Waals surface area contributed by atoms with Gasteiger partial charge in [0.15, 0.2) is 0 Å². The average molecular weight is 240 g/mol. The van der Waals surface area contributed by atoms with Gasteiger partial charge in [-0.25, -0.2) is 0 Å². The minimum atomic E-state index is -0.222. The third-order valence-corrected chi connectivity index (χ3v) is 2.33. The van der Waals surface area contributed by atoms with Crippen LogP contribution in [-0.2, 0) is 16.1 Å². The quantitative estimate of drug-likeness (QED) is 0.736. The molecule has 0 N–H and O–H groups in total. The first-order valence-electron chi connectivity index (χ1n) is 5.00. The number of Topliss-reactive ketones (excluding diaryl/α,β-unsaturated/α-hetero) is 1. The zero-order valence-corrected chi connectivity index (χ0v) is 9.91. The molecule has 0 aliphatic carbocycles. The Morgan fingerprint density at radius 2 is 1.88 bits per heavy atom. The van der Waals surface area contributed by atoms with Crippen LogP contribution in [0.3, 0.4) is 0 Å². The monoisotopic (exact) mass is 239 g/mol. The predicted octanol–water partition coefficient (Wildman–Crippen LogP) is 1.84. The van der Waals surface area contributed by atoms with Crippen molar-refractivity contribution in [3.8, 4) is 0 Å². The predicted molar refractivity (Wildman–Crippen MR) is 63.3 cm³/mol. The largest absolute Gasteiger partial charge is 0.330 e. The molecule has 0 saturated heterocycles. The molecule has 1 aromatic carbocycles. The van der Waals surface area contributed by atoms with Gasteiger partial charge in [0.25, 0.3) is 0 Å². The van der Waals surface area contributed by atoms with Crippen LogP contribution in [0.5, 0.6) is 0 Å². The molecule has 1 aromatic rings. The summed E-state index contributed by atoms with van der Waals surface area (Å²) < 4.78 is 0. The van der Waals surface area contributed by atoms with Crippen LogP contribution in [-0.4, -0.2) is 29.0 Å². The molecule has 1 rings (SSSR count). The van der Waals surface area contributed by atoms with E-state index in [4.69, 9.17) is 11.6 Å². The van der Waals surface area contributed by atoms with E-state index in [1.165, 1.54) is 11.8 Å². The first-order valence-corrected chi connectivity index (χ1v) is 5.54. The van der Waals surface area contributed by atoms with E-state index in [9.17, 15) is 9.59 Å². The summed E-state index contributed by atoms with van der Waals surface area (Å²) >= 11 is 5.49.